The number of amides is 2. The lowest BCUT2D eigenvalue weighted by atomic mass is 10.2. The standard InChI is InChI=1S/C22H28N4O2/c1-16-9-8-10-20(13-16)26-17(2)14-19(18(26)3)15-23-24-21(27)22(28)25-11-6-4-5-7-12-25/h8-10,13-15H,4-7,11-12H2,1-3H3,(H,24,27)/b23-15-. The summed E-state index contributed by atoms with van der Waals surface area (Å²) in [6.07, 6.45) is 5.73. The zero-order valence-corrected chi connectivity index (χ0v) is 16.9. The molecule has 1 fully saturated rings. The summed E-state index contributed by atoms with van der Waals surface area (Å²) < 4.78 is 2.15. The molecule has 0 radical (unpaired) electrons. The summed E-state index contributed by atoms with van der Waals surface area (Å²) in [7, 11) is 0. The van der Waals surface area contributed by atoms with Gasteiger partial charge in [0.05, 0.1) is 6.21 Å². The molecule has 1 N–H and O–H groups in total. The van der Waals surface area contributed by atoms with Crippen molar-refractivity contribution in [1.82, 2.24) is 14.9 Å². The van der Waals surface area contributed by atoms with E-state index in [9.17, 15) is 9.59 Å². The minimum atomic E-state index is -0.675. The normalized spacial score (nSPS) is 14.9. The van der Waals surface area contributed by atoms with Crippen LogP contribution in [0.3, 0.4) is 0 Å². The molecule has 6 heteroatoms. The quantitative estimate of drug-likeness (QED) is 0.505. The highest BCUT2D eigenvalue weighted by molar-refractivity contribution is 6.35. The fraction of sp³-hybridized carbons (Fsp3) is 0.409. The van der Waals surface area contributed by atoms with Gasteiger partial charge in [-0.15, -0.1) is 0 Å². The summed E-state index contributed by atoms with van der Waals surface area (Å²) in [4.78, 5) is 26.0. The van der Waals surface area contributed by atoms with Crippen LogP contribution in [0.25, 0.3) is 5.69 Å². The van der Waals surface area contributed by atoms with Crippen molar-refractivity contribution in [3.05, 3.63) is 52.8 Å². The third-order valence-electron chi connectivity index (χ3n) is 5.19. The number of aromatic nitrogens is 1. The van der Waals surface area contributed by atoms with E-state index in [1.54, 1.807) is 11.1 Å². The molecule has 0 unspecified atom stereocenters. The Bertz CT molecular complexity index is 890. The summed E-state index contributed by atoms with van der Waals surface area (Å²) in [5.74, 6) is -1.17. The highest BCUT2D eigenvalue weighted by Crippen LogP contribution is 2.20. The van der Waals surface area contributed by atoms with Crippen LogP contribution in [0, 0.1) is 20.8 Å². The van der Waals surface area contributed by atoms with Crippen LogP contribution >= 0.6 is 0 Å². The van der Waals surface area contributed by atoms with Crippen molar-refractivity contribution in [3.63, 3.8) is 0 Å². The van der Waals surface area contributed by atoms with Crippen LogP contribution in [0.1, 0.15) is 48.2 Å². The largest absolute Gasteiger partial charge is 0.334 e. The lowest BCUT2D eigenvalue weighted by Gasteiger charge is -2.18. The number of carbonyl (C=O) groups excluding carboxylic acids is 2. The number of benzene rings is 1. The van der Waals surface area contributed by atoms with Crippen molar-refractivity contribution in [1.29, 1.82) is 0 Å². The van der Waals surface area contributed by atoms with E-state index in [0.717, 1.165) is 48.3 Å². The van der Waals surface area contributed by atoms with Crippen LogP contribution in [0.2, 0.25) is 0 Å². The molecule has 0 atom stereocenters. The number of hydrogen-bond acceptors (Lipinski definition) is 3. The molecule has 1 aliphatic rings. The minimum absolute atomic E-state index is 0.496. The fourth-order valence-electron chi connectivity index (χ4n) is 3.71. The van der Waals surface area contributed by atoms with Crippen LogP contribution in [0.15, 0.2) is 35.4 Å². The maximum Gasteiger partial charge on any atom is 0.329 e. The Labute approximate surface area is 166 Å². The van der Waals surface area contributed by atoms with Gasteiger partial charge in [-0.05, 0) is 57.4 Å². The molecule has 2 heterocycles. The molecule has 1 saturated heterocycles. The Morgan fingerprint density at radius 1 is 1.04 bits per heavy atom. The smallest absolute Gasteiger partial charge is 0.329 e. The van der Waals surface area contributed by atoms with Crippen molar-refractivity contribution >= 4 is 18.0 Å². The Hall–Kier alpha value is -2.89. The first-order valence-electron chi connectivity index (χ1n) is 9.85. The number of hydrogen-bond donors (Lipinski definition) is 1. The van der Waals surface area contributed by atoms with Gasteiger partial charge < -0.3 is 9.47 Å². The Balaban J connectivity index is 1.68. The zero-order valence-electron chi connectivity index (χ0n) is 16.9. The lowest BCUT2D eigenvalue weighted by Crippen LogP contribution is -2.41. The van der Waals surface area contributed by atoms with E-state index >= 15 is 0 Å². The van der Waals surface area contributed by atoms with Gasteiger partial charge in [0.15, 0.2) is 0 Å². The number of nitrogens with one attached hydrogen (secondary N) is 1. The maximum absolute atomic E-state index is 12.3. The molecule has 2 aromatic rings. The summed E-state index contributed by atoms with van der Waals surface area (Å²) in [5.41, 5.74) is 7.68. The van der Waals surface area contributed by atoms with E-state index in [0.29, 0.717) is 13.1 Å². The first kappa shape index (κ1) is 19.9. The molecule has 148 valence electrons. The number of hydrazone groups is 1. The van der Waals surface area contributed by atoms with Gasteiger partial charge in [-0.2, -0.15) is 5.10 Å². The second-order valence-corrected chi connectivity index (χ2v) is 7.41. The van der Waals surface area contributed by atoms with Gasteiger partial charge in [-0.1, -0.05) is 25.0 Å². The average molecular weight is 380 g/mol. The molecule has 28 heavy (non-hydrogen) atoms. The molecule has 0 spiro atoms. The molecular formula is C22H28N4O2. The monoisotopic (exact) mass is 380 g/mol. The highest BCUT2D eigenvalue weighted by atomic mass is 16.2. The molecule has 0 saturated carbocycles. The van der Waals surface area contributed by atoms with Crippen molar-refractivity contribution in [2.45, 2.75) is 46.5 Å². The molecule has 0 bridgehead atoms. The molecular weight excluding hydrogens is 352 g/mol. The first-order valence-corrected chi connectivity index (χ1v) is 9.85. The van der Waals surface area contributed by atoms with E-state index in [4.69, 9.17) is 0 Å². The number of aryl methyl sites for hydroxylation is 2. The second kappa shape index (κ2) is 8.87. The Morgan fingerprint density at radius 2 is 1.75 bits per heavy atom. The highest BCUT2D eigenvalue weighted by Gasteiger charge is 2.22. The molecule has 3 rings (SSSR count). The summed E-state index contributed by atoms with van der Waals surface area (Å²) >= 11 is 0. The predicted molar refractivity (Wildman–Crippen MR) is 111 cm³/mol. The van der Waals surface area contributed by atoms with Gasteiger partial charge in [0.25, 0.3) is 0 Å². The van der Waals surface area contributed by atoms with Crippen LogP contribution in [-0.2, 0) is 9.59 Å². The van der Waals surface area contributed by atoms with Gasteiger partial charge >= 0.3 is 11.8 Å². The number of likely N-dealkylation sites (tertiary alicyclic amines) is 1. The predicted octanol–water partition coefficient (Wildman–Crippen LogP) is 3.26. The van der Waals surface area contributed by atoms with Crippen molar-refractivity contribution < 1.29 is 9.59 Å². The number of rotatable bonds is 3. The fourth-order valence-corrected chi connectivity index (χ4v) is 3.71. The second-order valence-electron chi connectivity index (χ2n) is 7.41. The van der Waals surface area contributed by atoms with Crippen LogP contribution in [-0.4, -0.2) is 40.6 Å². The van der Waals surface area contributed by atoms with E-state index in [-0.39, 0.29) is 0 Å². The summed E-state index contributed by atoms with van der Waals surface area (Å²) in [5, 5.41) is 4.02. The minimum Gasteiger partial charge on any atom is -0.334 e. The topological polar surface area (TPSA) is 66.7 Å². The van der Waals surface area contributed by atoms with Crippen LogP contribution in [0.4, 0.5) is 0 Å². The molecule has 1 aromatic heterocycles. The van der Waals surface area contributed by atoms with Crippen molar-refractivity contribution in [2.75, 3.05) is 13.1 Å². The number of carbonyl (C=O) groups is 2. The third kappa shape index (κ3) is 4.50. The summed E-state index contributed by atoms with van der Waals surface area (Å²) in [6, 6.07) is 10.3. The molecule has 1 aromatic carbocycles. The lowest BCUT2D eigenvalue weighted by molar-refractivity contribution is -0.145. The van der Waals surface area contributed by atoms with Gasteiger partial charge in [0.1, 0.15) is 0 Å². The SMILES string of the molecule is Cc1cccc(-n2c(C)cc(/C=N\NC(=O)C(=O)N3CCCCCC3)c2C)c1. The average Bonchev–Trinajstić information content (AvgIpc) is 2.84. The Morgan fingerprint density at radius 3 is 2.43 bits per heavy atom. The molecule has 0 aliphatic carbocycles. The van der Waals surface area contributed by atoms with Gasteiger partial charge in [-0.3, -0.25) is 9.59 Å². The maximum atomic E-state index is 12.3. The first-order chi connectivity index (χ1) is 13.5. The van der Waals surface area contributed by atoms with Gasteiger partial charge in [-0.25, -0.2) is 5.43 Å². The van der Waals surface area contributed by atoms with Crippen LogP contribution < -0.4 is 5.43 Å². The third-order valence-corrected chi connectivity index (χ3v) is 5.19. The zero-order chi connectivity index (χ0) is 20.1. The van der Waals surface area contributed by atoms with E-state index in [2.05, 4.69) is 40.2 Å². The van der Waals surface area contributed by atoms with Gasteiger partial charge in [0, 0.05) is 35.7 Å². The van der Waals surface area contributed by atoms with E-state index < -0.39 is 11.8 Å². The van der Waals surface area contributed by atoms with E-state index in [1.165, 1.54) is 5.56 Å². The Kier molecular flexibility index (Phi) is 6.29. The van der Waals surface area contributed by atoms with Crippen molar-refractivity contribution in [3.8, 4) is 5.69 Å². The molecule has 1 aliphatic heterocycles. The molecule has 2 amide bonds. The number of nitrogens with zero attached hydrogens (tertiary/aromatic N) is 3. The van der Waals surface area contributed by atoms with Gasteiger partial charge in [0.2, 0.25) is 0 Å². The van der Waals surface area contributed by atoms with Crippen molar-refractivity contribution in [2.24, 2.45) is 5.10 Å². The van der Waals surface area contributed by atoms with E-state index in [1.807, 2.05) is 26.0 Å². The van der Waals surface area contributed by atoms with Crippen LogP contribution in [0.5, 0.6) is 0 Å². The summed E-state index contributed by atoms with van der Waals surface area (Å²) in [6.45, 7) is 7.41. The molecule has 6 nitrogen and oxygen atoms in total.